The van der Waals surface area contributed by atoms with Crippen molar-refractivity contribution in [3.05, 3.63) is 65.9 Å². The van der Waals surface area contributed by atoms with E-state index in [4.69, 9.17) is 4.74 Å². The zero-order valence-corrected chi connectivity index (χ0v) is 12.2. The molecule has 0 aliphatic rings. The maximum Gasteiger partial charge on any atom is 0.165 e. The number of pyridine rings is 1. The fourth-order valence-electron chi connectivity index (χ4n) is 1.95. The lowest BCUT2D eigenvalue weighted by Gasteiger charge is -2.06. The Bertz CT molecular complexity index is 709. The molecule has 1 aromatic carbocycles. The third kappa shape index (κ3) is 2.67. The number of hydrogen-bond acceptors (Lipinski definition) is 2. The van der Waals surface area contributed by atoms with Gasteiger partial charge in [-0.05, 0) is 29.8 Å². The summed E-state index contributed by atoms with van der Waals surface area (Å²) in [6, 6.07) is 10.7. The Labute approximate surface area is 124 Å². The molecule has 0 amide bonds. The quantitative estimate of drug-likeness (QED) is 0.675. The Morgan fingerprint density at radius 3 is 2.90 bits per heavy atom. The number of ether oxygens (including phenoxy) is 1. The number of alkyl halides is 1. The molecule has 0 saturated carbocycles. The molecule has 3 aromatic rings. The van der Waals surface area contributed by atoms with Crippen molar-refractivity contribution in [3.8, 4) is 5.75 Å². The van der Waals surface area contributed by atoms with Gasteiger partial charge in [0, 0.05) is 17.7 Å². The van der Waals surface area contributed by atoms with E-state index in [0.717, 1.165) is 16.9 Å². The summed E-state index contributed by atoms with van der Waals surface area (Å²) >= 11 is 3.29. The molecule has 0 aliphatic heterocycles. The third-order valence-corrected chi connectivity index (χ3v) is 3.59. The van der Waals surface area contributed by atoms with Crippen LogP contribution >= 0.6 is 15.9 Å². The van der Waals surface area contributed by atoms with Crippen molar-refractivity contribution < 1.29 is 9.13 Å². The Kier molecular flexibility index (Phi) is 3.69. The SMILES string of the molecule is Fc1cc(CBr)ccc1OCc1cn2ccccc2n1. The zero-order valence-electron chi connectivity index (χ0n) is 10.6. The average molecular weight is 335 g/mol. The number of hydrogen-bond donors (Lipinski definition) is 0. The standard InChI is InChI=1S/C15H12BrFN2O/c16-8-11-4-5-14(13(17)7-11)20-10-12-9-19-6-2-1-3-15(19)18-12/h1-7,9H,8,10H2. The summed E-state index contributed by atoms with van der Waals surface area (Å²) in [7, 11) is 0. The van der Waals surface area contributed by atoms with E-state index in [1.54, 1.807) is 6.07 Å². The third-order valence-electron chi connectivity index (χ3n) is 2.94. The van der Waals surface area contributed by atoms with Gasteiger partial charge in [0.25, 0.3) is 0 Å². The first kappa shape index (κ1) is 13.1. The summed E-state index contributed by atoms with van der Waals surface area (Å²) in [6.45, 7) is 0.242. The first-order valence-electron chi connectivity index (χ1n) is 6.16. The van der Waals surface area contributed by atoms with Crippen molar-refractivity contribution in [2.75, 3.05) is 0 Å². The Morgan fingerprint density at radius 1 is 1.25 bits per heavy atom. The minimum atomic E-state index is -0.356. The van der Waals surface area contributed by atoms with Gasteiger partial charge in [0.2, 0.25) is 0 Å². The Morgan fingerprint density at radius 2 is 2.15 bits per heavy atom. The van der Waals surface area contributed by atoms with E-state index in [-0.39, 0.29) is 18.2 Å². The van der Waals surface area contributed by atoms with Crippen molar-refractivity contribution in [1.29, 1.82) is 0 Å². The van der Waals surface area contributed by atoms with Crippen LogP contribution in [0, 0.1) is 5.82 Å². The number of halogens is 2. The number of aromatic nitrogens is 2. The van der Waals surface area contributed by atoms with Crippen LogP contribution in [0.2, 0.25) is 0 Å². The molecule has 0 bridgehead atoms. The smallest absolute Gasteiger partial charge is 0.165 e. The highest BCUT2D eigenvalue weighted by molar-refractivity contribution is 9.08. The van der Waals surface area contributed by atoms with Crippen LogP contribution < -0.4 is 4.74 Å². The lowest BCUT2D eigenvalue weighted by atomic mass is 10.2. The minimum absolute atomic E-state index is 0.242. The van der Waals surface area contributed by atoms with Gasteiger partial charge in [-0.15, -0.1) is 0 Å². The highest BCUT2D eigenvalue weighted by Crippen LogP contribution is 2.20. The van der Waals surface area contributed by atoms with Crippen LogP contribution in [-0.2, 0) is 11.9 Å². The van der Waals surface area contributed by atoms with Crippen molar-refractivity contribution in [2.45, 2.75) is 11.9 Å². The molecule has 2 aromatic heterocycles. The van der Waals surface area contributed by atoms with Gasteiger partial charge >= 0.3 is 0 Å². The average Bonchev–Trinajstić information content (AvgIpc) is 2.88. The van der Waals surface area contributed by atoms with Crippen LogP contribution in [0.3, 0.4) is 0 Å². The fraction of sp³-hybridized carbons (Fsp3) is 0.133. The van der Waals surface area contributed by atoms with Gasteiger partial charge < -0.3 is 9.14 Å². The van der Waals surface area contributed by atoms with Crippen molar-refractivity contribution in [2.24, 2.45) is 0 Å². The molecular weight excluding hydrogens is 323 g/mol. The topological polar surface area (TPSA) is 26.5 Å². The molecule has 5 heteroatoms. The lowest BCUT2D eigenvalue weighted by Crippen LogP contribution is -1.98. The zero-order chi connectivity index (χ0) is 13.9. The van der Waals surface area contributed by atoms with Crippen molar-refractivity contribution in [3.63, 3.8) is 0 Å². The van der Waals surface area contributed by atoms with Gasteiger partial charge in [-0.1, -0.05) is 28.1 Å². The fourth-order valence-corrected chi connectivity index (χ4v) is 2.30. The van der Waals surface area contributed by atoms with Gasteiger partial charge in [-0.25, -0.2) is 9.37 Å². The molecule has 0 unspecified atom stereocenters. The van der Waals surface area contributed by atoms with Gasteiger partial charge in [-0.2, -0.15) is 0 Å². The molecule has 0 aliphatic carbocycles. The molecule has 3 nitrogen and oxygen atoms in total. The summed E-state index contributed by atoms with van der Waals surface area (Å²) < 4.78 is 21.2. The van der Waals surface area contributed by atoms with E-state index in [1.165, 1.54) is 6.07 Å². The predicted molar refractivity (Wildman–Crippen MR) is 78.6 cm³/mol. The van der Waals surface area contributed by atoms with Crippen LogP contribution in [0.25, 0.3) is 5.65 Å². The minimum Gasteiger partial charge on any atom is -0.484 e. The number of imidazole rings is 1. The largest absolute Gasteiger partial charge is 0.484 e. The molecule has 0 N–H and O–H groups in total. The molecule has 3 rings (SSSR count). The second kappa shape index (κ2) is 5.63. The summed E-state index contributed by atoms with van der Waals surface area (Å²) in [5.74, 6) is -0.113. The van der Waals surface area contributed by atoms with Gasteiger partial charge in [0.05, 0.1) is 5.69 Å². The van der Waals surface area contributed by atoms with Crippen LogP contribution in [0.5, 0.6) is 5.75 Å². The van der Waals surface area contributed by atoms with E-state index in [2.05, 4.69) is 20.9 Å². The molecule has 102 valence electrons. The molecule has 0 spiro atoms. The van der Waals surface area contributed by atoms with Crippen LogP contribution in [0.1, 0.15) is 11.3 Å². The first-order chi connectivity index (χ1) is 9.76. The Balaban J connectivity index is 1.75. The number of fused-ring (bicyclic) bond motifs is 1. The van der Waals surface area contributed by atoms with Gasteiger partial charge in [0.15, 0.2) is 11.6 Å². The molecule has 2 heterocycles. The lowest BCUT2D eigenvalue weighted by molar-refractivity contribution is 0.286. The number of rotatable bonds is 4. The molecule has 20 heavy (non-hydrogen) atoms. The second-order valence-corrected chi connectivity index (χ2v) is 4.95. The predicted octanol–water partition coefficient (Wildman–Crippen LogP) is 3.95. The normalized spacial score (nSPS) is 10.9. The van der Waals surface area contributed by atoms with Crippen molar-refractivity contribution in [1.82, 2.24) is 9.38 Å². The molecule has 0 radical (unpaired) electrons. The molecule has 0 fully saturated rings. The van der Waals surface area contributed by atoms with Crippen LogP contribution in [0.4, 0.5) is 4.39 Å². The van der Waals surface area contributed by atoms with E-state index >= 15 is 0 Å². The van der Waals surface area contributed by atoms with Crippen molar-refractivity contribution >= 4 is 21.6 Å². The molecular formula is C15H12BrFN2O. The van der Waals surface area contributed by atoms with Crippen LogP contribution in [0.15, 0.2) is 48.8 Å². The summed E-state index contributed by atoms with van der Waals surface area (Å²) in [5.41, 5.74) is 2.49. The maximum atomic E-state index is 13.8. The van der Waals surface area contributed by atoms with E-state index in [1.807, 2.05) is 41.1 Å². The monoisotopic (exact) mass is 334 g/mol. The Hall–Kier alpha value is -1.88. The molecule has 0 saturated heterocycles. The highest BCUT2D eigenvalue weighted by atomic mass is 79.9. The van der Waals surface area contributed by atoms with Crippen LogP contribution in [-0.4, -0.2) is 9.38 Å². The highest BCUT2D eigenvalue weighted by Gasteiger charge is 2.06. The maximum absolute atomic E-state index is 13.8. The first-order valence-corrected chi connectivity index (χ1v) is 7.28. The van der Waals surface area contributed by atoms with E-state index in [9.17, 15) is 4.39 Å². The summed E-state index contributed by atoms with van der Waals surface area (Å²) in [6.07, 6.45) is 3.79. The summed E-state index contributed by atoms with van der Waals surface area (Å²) in [5, 5.41) is 0.622. The summed E-state index contributed by atoms with van der Waals surface area (Å²) in [4.78, 5) is 4.40. The number of benzene rings is 1. The molecule has 0 atom stereocenters. The van der Waals surface area contributed by atoms with Gasteiger partial charge in [-0.3, -0.25) is 0 Å². The van der Waals surface area contributed by atoms with E-state index in [0.29, 0.717) is 5.33 Å². The second-order valence-electron chi connectivity index (χ2n) is 4.39. The van der Waals surface area contributed by atoms with E-state index < -0.39 is 0 Å². The van der Waals surface area contributed by atoms with Gasteiger partial charge in [0.1, 0.15) is 12.3 Å². The number of nitrogens with zero attached hydrogens (tertiary/aromatic N) is 2.